The Hall–Kier alpha value is -2.88. The van der Waals surface area contributed by atoms with Crippen LogP contribution in [0.2, 0.25) is 10.0 Å². The van der Waals surface area contributed by atoms with Gasteiger partial charge in [0.25, 0.3) is 5.91 Å². The first-order chi connectivity index (χ1) is 17.4. The van der Waals surface area contributed by atoms with Crippen LogP contribution in [-0.4, -0.2) is 60.3 Å². The number of anilines is 1. The average molecular weight is 550 g/mol. The van der Waals surface area contributed by atoms with Gasteiger partial charge < -0.3 is 20.5 Å². The van der Waals surface area contributed by atoms with Crippen LogP contribution in [0.1, 0.15) is 52.8 Å². The number of carbonyl (C=O) groups excluding carboxylic acids is 1. The Morgan fingerprint density at radius 3 is 2.49 bits per heavy atom. The number of benzene rings is 1. The number of imidazole rings is 1. The molecule has 0 spiro atoms. The number of aromatic amines is 1. The van der Waals surface area contributed by atoms with Gasteiger partial charge in [-0.3, -0.25) is 9.69 Å². The first kappa shape index (κ1) is 28.7. The van der Waals surface area contributed by atoms with E-state index in [9.17, 15) is 19.8 Å². The number of aliphatic hydroxyl groups is 1. The van der Waals surface area contributed by atoms with Gasteiger partial charge >= 0.3 is 6.09 Å². The van der Waals surface area contributed by atoms with Gasteiger partial charge in [-0.2, -0.15) is 0 Å². The molecule has 11 heteroatoms. The highest BCUT2D eigenvalue weighted by atomic mass is 35.5. The van der Waals surface area contributed by atoms with E-state index in [1.54, 1.807) is 30.3 Å². The third kappa shape index (κ3) is 7.12. The van der Waals surface area contributed by atoms with Gasteiger partial charge in [-0.25, -0.2) is 14.8 Å². The number of pyridine rings is 1. The zero-order valence-electron chi connectivity index (χ0n) is 21.3. The van der Waals surface area contributed by atoms with Gasteiger partial charge in [0.2, 0.25) is 0 Å². The van der Waals surface area contributed by atoms with Crippen molar-refractivity contribution in [1.29, 1.82) is 0 Å². The second-order valence-corrected chi connectivity index (χ2v) is 10.9. The van der Waals surface area contributed by atoms with Crippen LogP contribution >= 0.6 is 23.2 Å². The van der Waals surface area contributed by atoms with Crippen molar-refractivity contribution in [2.45, 2.75) is 71.6 Å². The Morgan fingerprint density at radius 1 is 1.19 bits per heavy atom. The van der Waals surface area contributed by atoms with Gasteiger partial charge in [0, 0.05) is 18.7 Å². The highest BCUT2D eigenvalue weighted by molar-refractivity contribution is 6.42. The molecule has 0 saturated carbocycles. The minimum Gasteiger partial charge on any atom is -0.465 e. The summed E-state index contributed by atoms with van der Waals surface area (Å²) >= 11 is 12.3. The Balaban J connectivity index is 1.97. The molecule has 2 amide bonds. The van der Waals surface area contributed by atoms with Crippen LogP contribution in [0.15, 0.2) is 36.5 Å². The lowest BCUT2D eigenvalue weighted by atomic mass is 9.82. The Kier molecular flexibility index (Phi) is 9.39. The molecule has 4 N–H and O–H groups in total. The van der Waals surface area contributed by atoms with Crippen LogP contribution in [0.3, 0.4) is 0 Å². The third-order valence-corrected chi connectivity index (χ3v) is 7.00. The normalized spacial score (nSPS) is 14.2. The maximum atomic E-state index is 13.0. The van der Waals surface area contributed by atoms with Crippen molar-refractivity contribution in [3.63, 3.8) is 0 Å². The van der Waals surface area contributed by atoms with E-state index in [1.807, 2.05) is 27.7 Å². The lowest BCUT2D eigenvalue weighted by molar-refractivity contribution is -0.128. The first-order valence-corrected chi connectivity index (χ1v) is 12.9. The summed E-state index contributed by atoms with van der Waals surface area (Å²) in [6, 6.07) is 6.71. The number of hydrogen-bond acceptors (Lipinski definition) is 5. The number of carboxylic acid groups (broad SMARTS) is 1. The number of fused-ring (bicyclic) bond motifs is 1. The maximum absolute atomic E-state index is 13.0. The smallest absolute Gasteiger partial charge is 0.407 e. The first-order valence-electron chi connectivity index (χ1n) is 12.2. The van der Waals surface area contributed by atoms with Gasteiger partial charge in [-0.05, 0) is 36.1 Å². The molecule has 0 radical (unpaired) electrons. The molecular weight excluding hydrogens is 517 g/mol. The summed E-state index contributed by atoms with van der Waals surface area (Å²) in [7, 11) is 0. The van der Waals surface area contributed by atoms with Crippen LogP contribution < -0.4 is 5.32 Å². The number of nitrogens with one attached hydrogen (secondary N) is 2. The number of unbranched alkanes of at least 4 members (excludes halogenated alkanes) is 1. The molecule has 3 rings (SSSR count). The van der Waals surface area contributed by atoms with Crippen molar-refractivity contribution in [2.75, 3.05) is 5.32 Å². The lowest BCUT2D eigenvalue weighted by Gasteiger charge is -2.43. The largest absolute Gasteiger partial charge is 0.465 e. The molecule has 0 aliphatic heterocycles. The summed E-state index contributed by atoms with van der Waals surface area (Å²) in [6.07, 6.45) is 0.596. The predicted molar refractivity (Wildman–Crippen MR) is 145 cm³/mol. The Labute approximate surface area is 226 Å². The summed E-state index contributed by atoms with van der Waals surface area (Å²) in [5, 5.41) is 24.9. The number of hydrogen-bond donors (Lipinski definition) is 4. The Bertz CT molecular complexity index is 1190. The van der Waals surface area contributed by atoms with Gasteiger partial charge in [0.05, 0.1) is 27.1 Å². The number of aromatic nitrogens is 3. The number of H-pyrrole nitrogens is 1. The van der Waals surface area contributed by atoms with E-state index in [0.29, 0.717) is 39.7 Å². The maximum Gasteiger partial charge on any atom is 0.407 e. The van der Waals surface area contributed by atoms with E-state index < -0.39 is 35.6 Å². The van der Waals surface area contributed by atoms with E-state index >= 15 is 0 Å². The zero-order chi connectivity index (χ0) is 27.3. The minimum absolute atomic E-state index is 0.219. The van der Waals surface area contributed by atoms with E-state index in [-0.39, 0.29) is 12.2 Å². The van der Waals surface area contributed by atoms with Crippen LogP contribution in [0.5, 0.6) is 0 Å². The molecular formula is C26H33Cl2N5O4. The van der Waals surface area contributed by atoms with Crippen LogP contribution in [-0.2, 0) is 11.2 Å². The highest BCUT2D eigenvalue weighted by Crippen LogP contribution is 2.33. The molecule has 0 aliphatic carbocycles. The number of halogens is 2. The number of amides is 2. The molecule has 0 aliphatic rings. The molecule has 9 nitrogen and oxygen atoms in total. The van der Waals surface area contributed by atoms with Gasteiger partial charge in [-0.15, -0.1) is 0 Å². The molecule has 2 aromatic heterocycles. The van der Waals surface area contributed by atoms with Gasteiger partial charge in [0.1, 0.15) is 11.6 Å². The zero-order valence-corrected chi connectivity index (χ0v) is 22.8. The topological polar surface area (TPSA) is 131 Å². The molecule has 2 heterocycles. The van der Waals surface area contributed by atoms with E-state index in [4.69, 9.17) is 23.2 Å². The van der Waals surface area contributed by atoms with E-state index in [2.05, 4.69) is 20.3 Å². The molecule has 0 fully saturated rings. The van der Waals surface area contributed by atoms with Crippen molar-refractivity contribution in [2.24, 2.45) is 5.41 Å². The molecule has 200 valence electrons. The average Bonchev–Trinajstić information content (AvgIpc) is 3.21. The number of carbonyl (C=O) groups is 2. The fourth-order valence-corrected chi connectivity index (χ4v) is 4.66. The third-order valence-electron chi connectivity index (χ3n) is 6.28. The number of nitrogens with zero attached hydrogens (tertiary/aromatic N) is 3. The molecule has 1 unspecified atom stereocenters. The molecule has 3 atom stereocenters. The SMILES string of the molecule is CCCC[C@@H]([C@@H](O)C(=O)Nc1ccccn1)N(C(=O)O)C(Cc1nc2cc(Cl)c(Cl)cc2[nH]1)C(C)(C)C. The van der Waals surface area contributed by atoms with Gasteiger partial charge in [-0.1, -0.05) is 69.8 Å². The quantitative estimate of drug-likeness (QED) is 0.254. The van der Waals surface area contributed by atoms with Crippen LogP contribution in [0, 0.1) is 5.41 Å². The van der Waals surface area contributed by atoms with Crippen molar-refractivity contribution < 1.29 is 19.8 Å². The number of aliphatic hydroxyl groups excluding tert-OH is 1. The van der Waals surface area contributed by atoms with E-state index in [1.165, 1.54) is 11.1 Å². The minimum atomic E-state index is -1.61. The predicted octanol–water partition coefficient (Wildman–Crippen LogP) is 5.76. The van der Waals surface area contributed by atoms with Crippen LogP contribution in [0.25, 0.3) is 11.0 Å². The van der Waals surface area contributed by atoms with Crippen molar-refractivity contribution in [1.82, 2.24) is 19.9 Å². The Morgan fingerprint density at radius 2 is 1.89 bits per heavy atom. The monoisotopic (exact) mass is 549 g/mol. The van der Waals surface area contributed by atoms with E-state index in [0.717, 1.165) is 6.42 Å². The molecule has 0 saturated heterocycles. The molecule has 0 bridgehead atoms. The summed E-state index contributed by atoms with van der Waals surface area (Å²) in [5.41, 5.74) is 0.723. The second kappa shape index (κ2) is 12.1. The van der Waals surface area contributed by atoms with Crippen LogP contribution in [0.4, 0.5) is 10.6 Å². The summed E-state index contributed by atoms with van der Waals surface area (Å²) in [4.78, 5) is 38.8. The van der Waals surface area contributed by atoms with Crippen molar-refractivity contribution in [3.05, 3.63) is 52.4 Å². The fraction of sp³-hybridized carbons (Fsp3) is 0.462. The van der Waals surface area contributed by atoms with Crippen molar-refractivity contribution >= 4 is 52.1 Å². The van der Waals surface area contributed by atoms with Crippen molar-refractivity contribution in [3.8, 4) is 0 Å². The fourth-order valence-electron chi connectivity index (χ4n) is 4.34. The summed E-state index contributed by atoms with van der Waals surface area (Å²) < 4.78 is 0. The molecule has 37 heavy (non-hydrogen) atoms. The highest BCUT2D eigenvalue weighted by Gasteiger charge is 2.42. The molecule has 3 aromatic rings. The lowest BCUT2D eigenvalue weighted by Crippen LogP contribution is -2.58. The number of rotatable bonds is 10. The van der Waals surface area contributed by atoms with Gasteiger partial charge in [0.15, 0.2) is 6.10 Å². The summed E-state index contributed by atoms with van der Waals surface area (Å²) in [6.45, 7) is 7.72. The summed E-state index contributed by atoms with van der Waals surface area (Å²) in [5.74, 6) is 0.0996. The molecule has 1 aromatic carbocycles. The standard InChI is InChI=1S/C26H33Cl2N5O4/c1-5-6-9-19(23(34)24(35)32-21-10-7-8-11-29-21)33(25(36)37)20(26(2,3)4)14-22-30-17-12-15(27)16(28)13-18(17)31-22/h7-8,10-13,19-20,23,34H,5-6,9,14H2,1-4H3,(H,30,31)(H,36,37)(H,29,32,35)/t19-,20?,23+/m0/s1. The second-order valence-electron chi connectivity index (χ2n) is 10.1.